The number of nitrogens with zero attached hydrogens (tertiary/aromatic N) is 2. The number of unbranched alkanes of at least 4 members (excludes halogenated alkanes) is 1. The molecule has 0 spiro atoms. The van der Waals surface area contributed by atoms with Gasteiger partial charge in [0.2, 0.25) is 5.91 Å². The van der Waals surface area contributed by atoms with E-state index in [1.165, 1.54) is 0 Å². The van der Waals surface area contributed by atoms with Crippen LogP contribution in [0.4, 0.5) is 0 Å². The topological polar surface area (TPSA) is 46.9 Å². The van der Waals surface area contributed by atoms with Gasteiger partial charge in [-0.3, -0.25) is 9.48 Å². The second kappa shape index (κ2) is 6.78. The Morgan fingerprint density at radius 2 is 2.17 bits per heavy atom. The minimum Gasteiger partial charge on any atom is -0.356 e. The minimum atomic E-state index is -0.101. The van der Waals surface area contributed by atoms with E-state index in [4.69, 9.17) is 11.6 Å². The van der Waals surface area contributed by atoms with E-state index in [2.05, 4.69) is 17.3 Å². The number of aromatic nitrogens is 2. The maximum atomic E-state index is 11.8. The van der Waals surface area contributed by atoms with Crippen LogP contribution in [-0.4, -0.2) is 22.2 Å². The highest BCUT2D eigenvalue weighted by atomic mass is 35.5. The van der Waals surface area contributed by atoms with Crippen LogP contribution >= 0.6 is 11.6 Å². The van der Waals surface area contributed by atoms with Crippen molar-refractivity contribution < 1.29 is 4.79 Å². The number of halogens is 1. The highest BCUT2D eigenvalue weighted by Crippen LogP contribution is 2.19. The molecule has 1 aromatic heterocycles. The number of hydrogen-bond donors (Lipinski definition) is 1. The maximum Gasteiger partial charge on any atom is 0.224 e. The van der Waals surface area contributed by atoms with E-state index >= 15 is 0 Å². The van der Waals surface area contributed by atoms with Gasteiger partial charge in [-0.25, -0.2) is 0 Å². The van der Waals surface area contributed by atoms with E-state index in [-0.39, 0.29) is 11.8 Å². The summed E-state index contributed by atoms with van der Waals surface area (Å²) in [7, 11) is 0. The van der Waals surface area contributed by atoms with Crippen LogP contribution in [0.5, 0.6) is 0 Å². The lowest BCUT2D eigenvalue weighted by atomic mass is 10.1. The summed E-state index contributed by atoms with van der Waals surface area (Å²) in [5, 5.41) is 7.95. The van der Waals surface area contributed by atoms with Gasteiger partial charge in [0, 0.05) is 6.54 Å². The zero-order valence-electron chi connectivity index (χ0n) is 11.6. The Labute approximate surface area is 114 Å². The van der Waals surface area contributed by atoms with Crippen LogP contribution in [0.2, 0.25) is 5.02 Å². The summed E-state index contributed by atoms with van der Waals surface area (Å²) in [6.07, 6.45) is 2.10. The van der Waals surface area contributed by atoms with Gasteiger partial charge in [0.05, 0.1) is 28.9 Å². The molecule has 4 nitrogen and oxygen atoms in total. The van der Waals surface area contributed by atoms with Crippen molar-refractivity contribution >= 4 is 17.5 Å². The van der Waals surface area contributed by atoms with Crippen molar-refractivity contribution in [2.24, 2.45) is 5.92 Å². The SMILES string of the molecule is CCCCNC(=O)C(C)Cn1nc(C)c(Cl)c1C. The molecule has 0 bridgehead atoms. The van der Waals surface area contributed by atoms with E-state index in [0.29, 0.717) is 11.6 Å². The number of amides is 1. The second-order valence-electron chi connectivity index (χ2n) is 4.71. The summed E-state index contributed by atoms with van der Waals surface area (Å²) in [6, 6.07) is 0. The summed E-state index contributed by atoms with van der Waals surface area (Å²) in [6.45, 7) is 9.12. The molecule has 0 aliphatic heterocycles. The van der Waals surface area contributed by atoms with Crippen molar-refractivity contribution in [2.75, 3.05) is 6.54 Å². The largest absolute Gasteiger partial charge is 0.356 e. The van der Waals surface area contributed by atoms with Crippen LogP contribution in [0, 0.1) is 19.8 Å². The average Bonchev–Trinajstić information content (AvgIpc) is 2.57. The normalized spacial score (nSPS) is 12.5. The molecule has 0 aliphatic rings. The summed E-state index contributed by atoms with van der Waals surface area (Å²) < 4.78 is 1.81. The van der Waals surface area contributed by atoms with E-state index in [1.807, 2.05) is 25.5 Å². The predicted octanol–water partition coefficient (Wildman–Crippen LogP) is 2.71. The number of carbonyl (C=O) groups is 1. The summed E-state index contributed by atoms with van der Waals surface area (Å²) in [5.74, 6) is -0.0250. The molecule has 1 rings (SSSR count). The average molecular weight is 272 g/mol. The third kappa shape index (κ3) is 3.73. The molecule has 0 radical (unpaired) electrons. The Hall–Kier alpha value is -1.03. The monoisotopic (exact) mass is 271 g/mol. The van der Waals surface area contributed by atoms with E-state index in [9.17, 15) is 4.79 Å². The van der Waals surface area contributed by atoms with Gasteiger partial charge in [-0.2, -0.15) is 5.10 Å². The van der Waals surface area contributed by atoms with Crippen molar-refractivity contribution in [3.63, 3.8) is 0 Å². The molecule has 1 N–H and O–H groups in total. The number of carbonyl (C=O) groups excluding carboxylic acids is 1. The van der Waals surface area contributed by atoms with Gasteiger partial charge in [-0.05, 0) is 20.3 Å². The van der Waals surface area contributed by atoms with Gasteiger partial charge < -0.3 is 5.32 Å². The zero-order valence-corrected chi connectivity index (χ0v) is 12.3. The number of nitrogens with one attached hydrogen (secondary N) is 1. The molecule has 1 aromatic rings. The lowest BCUT2D eigenvalue weighted by molar-refractivity contribution is -0.124. The third-order valence-electron chi connectivity index (χ3n) is 3.02. The van der Waals surface area contributed by atoms with Crippen molar-refractivity contribution in [1.82, 2.24) is 15.1 Å². The molecule has 5 heteroatoms. The summed E-state index contributed by atoms with van der Waals surface area (Å²) >= 11 is 6.08. The molecule has 1 amide bonds. The first-order valence-corrected chi connectivity index (χ1v) is 6.82. The van der Waals surface area contributed by atoms with Crippen molar-refractivity contribution in [1.29, 1.82) is 0 Å². The van der Waals surface area contributed by atoms with E-state index < -0.39 is 0 Å². The highest BCUT2D eigenvalue weighted by Gasteiger charge is 2.16. The van der Waals surface area contributed by atoms with Gasteiger partial charge in [0.25, 0.3) is 0 Å². The minimum absolute atomic E-state index is 0.0760. The zero-order chi connectivity index (χ0) is 13.7. The number of hydrogen-bond acceptors (Lipinski definition) is 2. The Balaban J connectivity index is 2.55. The van der Waals surface area contributed by atoms with Gasteiger partial charge in [-0.1, -0.05) is 31.9 Å². The molecular formula is C13H22ClN3O. The Kier molecular flexibility index (Phi) is 5.66. The molecule has 18 heavy (non-hydrogen) atoms. The quantitative estimate of drug-likeness (QED) is 0.809. The van der Waals surface area contributed by atoms with Gasteiger partial charge in [0.1, 0.15) is 0 Å². The molecule has 0 fully saturated rings. The Morgan fingerprint density at radius 1 is 1.50 bits per heavy atom. The van der Waals surface area contributed by atoms with Crippen molar-refractivity contribution in [3.8, 4) is 0 Å². The van der Waals surface area contributed by atoms with Crippen LogP contribution in [0.1, 0.15) is 38.1 Å². The molecule has 1 unspecified atom stereocenters. The fourth-order valence-electron chi connectivity index (χ4n) is 1.76. The third-order valence-corrected chi connectivity index (χ3v) is 3.56. The lowest BCUT2D eigenvalue weighted by Crippen LogP contribution is -2.32. The molecule has 102 valence electrons. The van der Waals surface area contributed by atoms with Crippen LogP contribution < -0.4 is 5.32 Å². The smallest absolute Gasteiger partial charge is 0.224 e. The molecule has 0 aromatic carbocycles. The van der Waals surface area contributed by atoms with Gasteiger partial charge >= 0.3 is 0 Å². The van der Waals surface area contributed by atoms with E-state index in [0.717, 1.165) is 30.8 Å². The number of aryl methyl sites for hydroxylation is 1. The Bertz CT molecular complexity index is 415. The molecule has 0 saturated heterocycles. The standard InChI is InChI=1S/C13H22ClN3O/c1-5-6-7-15-13(18)9(2)8-17-11(4)12(14)10(3)16-17/h9H,5-8H2,1-4H3,(H,15,18). The molecule has 1 heterocycles. The molecule has 0 saturated carbocycles. The highest BCUT2D eigenvalue weighted by molar-refractivity contribution is 6.31. The van der Waals surface area contributed by atoms with Crippen LogP contribution in [0.25, 0.3) is 0 Å². The van der Waals surface area contributed by atoms with Crippen LogP contribution in [-0.2, 0) is 11.3 Å². The first-order valence-electron chi connectivity index (χ1n) is 6.44. The van der Waals surface area contributed by atoms with Crippen molar-refractivity contribution in [2.45, 2.75) is 47.1 Å². The van der Waals surface area contributed by atoms with Gasteiger partial charge in [0.15, 0.2) is 0 Å². The maximum absolute atomic E-state index is 11.8. The fraction of sp³-hybridized carbons (Fsp3) is 0.692. The predicted molar refractivity (Wildman–Crippen MR) is 73.8 cm³/mol. The number of rotatable bonds is 6. The first kappa shape index (κ1) is 15.0. The lowest BCUT2D eigenvalue weighted by Gasteiger charge is -2.13. The van der Waals surface area contributed by atoms with Crippen LogP contribution in [0.15, 0.2) is 0 Å². The van der Waals surface area contributed by atoms with Crippen molar-refractivity contribution in [3.05, 3.63) is 16.4 Å². The van der Waals surface area contributed by atoms with Crippen LogP contribution in [0.3, 0.4) is 0 Å². The molecular weight excluding hydrogens is 250 g/mol. The van der Waals surface area contributed by atoms with E-state index in [1.54, 1.807) is 0 Å². The molecule has 1 atom stereocenters. The van der Waals surface area contributed by atoms with Gasteiger partial charge in [-0.15, -0.1) is 0 Å². The first-order chi connectivity index (χ1) is 8.47. The summed E-state index contributed by atoms with van der Waals surface area (Å²) in [4.78, 5) is 11.8. The second-order valence-corrected chi connectivity index (χ2v) is 5.09. The molecule has 0 aliphatic carbocycles. The fourth-order valence-corrected chi connectivity index (χ4v) is 1.89. The Morgan fingerprint density at radius 3 is 2.67 bits per heavy atom. The summed E-state index contributed by atoms with van der Waals surface area (Å²) in [5.41, 5.74) is 1.73.